The van der Waals surface area contributed by atoms with Crippen LogP contribution in [0.3, 0.4) is 0 Å². The van der Waals surface area contributed by atoms with Gasteiger partial charge in [0.1, 0.15) is 0 Å². The van der Waals surface area contributed by atoms with Crippen LogP contribution in [0.1, 0.15) is 25.8 Å². The van der Waals surface area contributed by atoms with Gasteiger partial charge >= 0.3 is 0 Å². The van der Waals surface area contributed by atoms with Crippen molar-refractivity contribution in [2.75, 3.05) is 6.61 Å². The lowest BCUT2D eigenvalue weighted by Gasteiger charge is -2.09. The van der Waals surface area contributed by atoms with Gasteiger partial charge in [-0.05, 0) is 97.8 Å². The first-order valence-electron chi connectivity index (χ1n) is 5.22. The number of ether oxygens (including phenoxy) is 1. The van der Waals surface area contributed by atoms with Crippen LogP contribution in [-0.2, 0) is 11.3 Å². The molecule has 1 aromatic rings. The molecule has 0 radical (unpaired) electrons. The van der Waals surface area contributed by atoms with E-state index in [2.05, 4.69) is 93.8 Å². The first kappa shape index (κ1) is 15.4. The highest BCUT2D eigenvalue weighted by Crippen LogP contribution is 2.23. The highest BCUT2D eigenvalue weighted by atomic mass is 127. The van der Waals surface area contributed by atoms with E-state index in [1.165, 1.54) is 16.3 Å². The number of rotatable bonds is 5. The largest absolute Gasteiger partial charge is 0.377 e. The average molecular weight is 556 g/mol. The molecular weight excluding hydrogens is 541 g/mol. The van der Waals surface area contributed by atoms with Crippen LogP contribution in [0.15, 0.2) is 12.1 Å². The summed E-state index contributed by atoms with van der Waals surface area (Å²) in [6, 6.07) is 4.40. The SMILES string of the molecule is CC(C)CCOCc1cc(I)cc(I)c1I. The second kappa shape index (κ2) is 7.73. The normalized spacial score (nSPS) is 11.1. The summed E-state index contributed by atoms with van der Waals surface area (Å²) in [4.78, 5) is 0. The van der Waals surface area contributed by atoms with Gasteiger partial charge in [0.05, 0.1) is 6.61 Å². The van der Waals surface area contributed by atoms with Crippen LogP contribution in [0.4, 0.5) is 0 Å². The van der Waals surface area contributed by atoms with E-state index in [4.69, 9.17) is 4.74 Å². The standard InChI is InChI=1S/C12H15I3O/c1-8(2)3-4-16-7-9-5-10(13)6-11(14)12(9)15/h5-6,8H,3-4,7H2,1-2H3. The molecule has 0 saturated heterocycles. The molecule has 0 aliphatic heterocycles. The molecule has 0 aliphatic carbocycles. The topological polar surface area (TPSA) is 9.23 Å². The Hall–Kier alpha value is 1.37. The Balaban J connectivity index is 2.53. The minimum Gasteiger partial charge on any atom is -0.377 e. The first-order valence-corrected chi connectivity index (χ1v) is 8.45. The molecule has 16 heavy (non-hydrogen) atoms. The Labute approximate surface area is 139 Å². The molecule has 0 spiro atoms. The van der Waals surface area contributed by atoms with E-state index < -0.39 is 0 Å². The zero-order chi connectivity index (χ0) is 12.1. The van der Waals surface area contributed by atoms with Gasteiger partial charge in [-0.15, -0.1) is 0 Å². The molecule has 90 valence electrons. The van der Waals surface area contributed by atoms with Gasteiger partial charge in [-0.2, -0.15) is 0 Å². The van der Waals surface area contributed by atoms with Crippen molar-refractivity contribution in [3.63, 3.8) is 0 Å². The fraction of sp³-hybridized carbons (Fsp3) is 0.500. The molecule has 1 aromatic carbocycles. The van der Waals surface area contributed by atoms with Gasteiger partial charge in [0, 0.05) is 17.3 Å². The Kier molecular flexibility index (Phi) is 7.45. The number of benzene rings is 1. The van der Waals surface area contributed by atoms with Crippen LogP contribution in [0.25, 0.3) is 0 Å². The summed E-state index contributed by atoms with van der Waals surface area (Å²) in [5.74, 6) is 0.718. The lowest BCUT2D eigenvalue weighted by molar-refractivity contribution is 0.110. The Morgan fingerprint density at radius 1 is 1.19 bits per heavy atom. The molecule has 0 fully saturated rings. The van der Waals surface area contributed by atoms with Gasteiger partial charge in [-0.25, -0.2) is 0 Å². The lowest BCUT2D eigenvalue weighted by Crippen LogP contribution is -2.02. The van der Waals surface area contributed by atoms with Crippen LogP contribution >= 0.6 is 67.8 Å². The molecule has 0 saturated carbocycles. The van der Waals surface area contributed by atoms with Gasteiger partial charge < -0.3 is 4.74 Å². The van der Waals surface area contributed by atoms with Crippen LogP contribution in [0.5, 0.6) is 0 Å². The quantitative estimate of drug-likeness (QED) is 0.280. The molecule has 0 atom stereocenters. The van der Waals surface area contributed by atoms with Crippen LogP contribution < -0.4 is 0 Å². The van der Waals surface area contributed by atoms with Crippen LogP contribution in [-0.4, -0.2) is 6.61 Å². The summed E-state index contributed by atoms with van der Waals surface area (Å²) in [5.41, 5.74) is 1.31. The Morgan fingerprint density at radius 2 is 1.88 bits per heavy atom. The molecule has 0 heterocycles. The van der Waals surface area contributed by atoms with Crippen molar-refractivity contribution in [3.05, 3.63) is 28.4 Å². The zero-order valence-electron chi connectivity index (χ0n) is 9.40. The monoisotopic (exact) mass is 556 g/mol. The lowest BCUT2D eigenvalue weighted by atomic mass is 10.1. The van der Waals surface area contributed by atoms with Crippen molar-refractivity contribution < 1.29 is 4.74 Å². The maximum atomic E-state index is 5.71. The molecule has 0 amide bonds. The van der Waals surface area contributed by atoms with Gasteiger partial charge in [-0.3, -0.25) is 0 Å². The zero-order valence-corrected chi connectivity index (χ0v) is 15.9. The number of hydrogen-bond donors (Lipinski definition) is 0. The molecular formula is C12H15I3O. The third kappa shape index (κ3) is 5.34. The summed E-state index contributed by atoms with van der Waals surface area (Å²) in [5, 5.41) is 0. The van der Waals surface area contributed by atoms with Crippen molar-refractivity contribution in [3.8, 4) is 0 Å². The maximum Gasteiger partial charge on any atom is 0.0727 e. The smallest absolute Gasteiger partial charge is 0.0727 e. The van der Waals surface area contributed by atoms with Gasteiger partial charge in [0.25, 0.3) is 0 Å². The second-order valence-electron chi connectivity index (χ2n) is 4.10. The van der Waals surface area contributed by atoms with Crippen LogP contribution in [0.2, 0.25) is 0 Å². The van der Waals surface area contributed by atoms with E-state index in [0.29, 0.717) is 0 Å². The molecule has 4 heteroatoms. The Bertz CT molecular complexity index is 350. The van der Waals surface area contributed by atoms with Gasteiger partial charge in [0.15, 0.2) is 0 Å². The average Bonchev–Trinajstić information content (AvgIpc) is 2.19. The first-order chi connectivity index (χ1) is 7.50. The predicted molar refractivity (Wildman–Crippen MR) is 93.7 cm³/mol. The number of hydrogen-bond acceptors (Lipinski definition) is 1. The molecule has 0 unspecified atom stereocenters. The van der Waals surface area contributed by atoms with E-state index in [1.54, 1.807) is 0 Å². The predicted octanol–water partition coefficient (Wildman–Crippen LogP) is 5.06. The highest BCUT2D eigenvalue weighted by Gasteiger charge is 2.06. The van der Waals surface area contributed by atoms with Crippen molar-refractivity contribution in [1.29, 1.82) is 0 Å². The van der Waals surface area contributed by atoms with E-state index >= 15 is 0 Å². The fourth-order valence-electron chi connectivity index (χ4n) is 1.22. The summed E-state index contributed by atoms with van der Waals surface area (Å²) in [6.07, 6.45) is 1.14. The molecule has 1 rings (SSSR count). The Morgan fingerprint density at radius 3 is 2.50 bits per heavy atom. The minimum absolute atomic E-state index is 0.718. The summed E-state index contributed by atoms with van der Waals surface area (Å²) < 4.78 is 9.63. The highest BCUT2D eigenvalue weighted by molar-refractivity contribution is 14.1. The maximum absolute atomic E-state index is 5.71. The molecule has 0 aliphatic rings. The molecule has 1 nitrogen and oxygen atoms in total. The summed E-state index contributed by atoms with van der Waals surface area (Å²) in [6.45, 7) is 6.04. The van der Waals surface area contributed by atoms with Crippen molar-refractivity contribution in [2.45, 2.75) is 26.9 Å². The van der Waals surface area contributed by atoms with Crippen molar-refractivity contribution in [2.24, 2.45) is 5.92 Å². The van der Waals surface area contributed by atoms with E-state index in [0.717, 1.165) is 25.6 Å². The fourth-order valence-corrected chi connectivity index (χ4v) is 3.65. The third-order valence-electron chi connectivity index (χ3n) is 2.17. The van der Waals surface area contributed by atoms with Crippen molar-refractivity contribution >= 4 is 67.8 Å². The molecule has 0 N–H and O–H groups in total. The molecule has 0 bridgehead atoms. The summed E-state index contributed by atoms with van der Waals surface area (Å²) in [7, 11) is 0. The van der Waals surface area contributed by atoms with E-state index in [9.17, 15) is 0 Å². The van der Waals surface area contributed by atoms with E-state index in [1.807, 2.05) is 0 Å². The third-order valence-corrected chi connectivity index (χ3v) is 5.94. The van der Waals surface area contributed by atoms with E-state index in [-0.39, 0.29) is 0 Å². The van der Waals surface area contributed by atoms with Gasteiger partial charge in [-0.1, -0.05) is 13.8 Å². The minimum atomic E-state index is 0.718. The molecule has 0 aromatic heterocycles. The van der Waals surface area contributed by atoms with Crippen LogP contribution in [0, 0.1) is 16.6 Å². The van der Waals surface area contributed by atoms with Crippen molar-refractivity contribution in [1.82, 2.24) is 0 Å². The number of halogens is 3. The van der Waals surface area contributed by atoms with Gasteiger partial charge in [0.2, 0.25) is 0 Å². The second-order valence-corrected chi connectivity index (χ2v) is 7.58. The summed E-state index contributed by atoms with van der Waals surface area (Å²) >= 11 is 7.13.